The average Bonchev–Trinajstić information content (AvgIpc) is 2.78. The summed E-state index contributed by atoms with van der Waals surface area (Å²) >= 11 is 0. The molecule has 1 aromatic heterocycles. The van der Waals surface area contributed by atoms with Crippen molar-refractivity contribution in [2.45, 2.75) is 25.4 Å². The number of pyridine rings is 1. The second kappa shape index (κ2) is 5.11. The Morgan fingerprint density at radius 2 is 2.47 bits per heavy atom. The average molecular weight is 235 g/mol. The lowest BCUT2D eigenvalue weighted by Gasteiger charge is -2.22. The molecule has 0 spiro atoms. The van der Waals surface area contributed by atoms with Gasteiger partial charge < -0.3 is 11.2 Å². The second-order valence-corrected chi connectivity index (χ2v) is 4.19. The van der Waals surface area contributed by atoms with Gasteiger partial charge in [0.05, 0.1) is 6.04 Å². The quantitative estimate of drug-likeness (QED) is 0.496. The Hall–Kier alpha value is -1.66. The third-order valence-corrected chi connectivity index (χ3v) is 3.09. The molecule has 5 N–H and O–H groups in total. The van der Waals surface area contributed by atoms with Gasteiger partial charge in [0.25, 0.3) is 0 Å². The van der Waals surface area contributed by atoms with Crippen LogP contribution in [-0.4, -0.2) is 28.4 Å². The van der Waals surface area contributed by atoms with E-state index in [1.807, 2.05) is 12.1 Å². The molecule has 6 heteroatoms. The highest BCUT2D eigenvalue weighted by molar-refractivity contribution is 5.80. The van der Waals surface area contributed by atoms with Gasteiger partial charge in [0.2, 0.25) is 5.91 Å². The van der Waals surface area contributed by atoms with E-state index in [0.29, 0.717) is 12.4 Å². The zero-order valence-corrected chi connectivity index (χ0v) is 9.60. The highest BCUT2D eigenvalue weighted by Crippen LogP contribution is 2.21. The molecule has 17 heavy (non-hydrogen) atoms. The normalized spacial score (nSPS) is 20.4. The molecular weight excluding hydrogens is 218 g/mol. The van der Waals surface area contributed by atoms with Crippen molar-refractivity contribution in [2.75, 3.05) is 12.0 Å². The summed E-state index contributed by atoms with van der Waals surface area (Å²) < 4.78 is 0. The number of hydrazine groups is 1. The van der Waals surface area contributed by atoms with Crippen molar-refractivity contribution in [1.82, 2.24) is 9.88 Å². The molecule has 0 saturated carbocycles. The van der Waals surface area contributed by atoms with Gasteiger partial charge >= 0.3 is 0 Å². The Labute approximate surface area is 100.0 Å². The lowest BCUT2D eigenvalue weighted by molar-refractivity contribution is -0.122. The smallest absolute Gasteiger partial charge is 0.234 e. The number of carbonyl (C=O) groups is 1. The maximum absolute atomic E-state index is 11.3. The standard InChI is InChI=1S/C11H17N5O/c12-10(17)9-4-2-6-16(9)7-8-3-1-5-14-11(8)15-13/h1,3,5,9H,2,4,6-7,13H2,(H2,12,17)(H,14,15). The number of aromatic nitrogens is 1. The number of anilines is 1. The van der Waals surface area contributed by atoms with Crippen LogP contribution in [0.5, 0.6) is 0 Å². The number of amides is 1. The molecule has 2 rings (SSSR count). The Kier molecular flexibility index (Phi) is 3.55. The van der Waals surface area contributed by atoms with Crippen molar-refractivity contribution in [3.63, 3.8) is 0 Å². The van der Waals surface area contributed by atoms with Crippen LogP contribution in [0.2, 0.25) is 0 Å². The molecule has 1 saturated heterocycles. The number of likely N-dealkylation sites (tertiary alicyclic amines) is 1. The first kappa shape index (κ1) is 11.8. The third-order valence-electron chi connectivity index (χ3n) is 3.09. The molecular formula is C11H17N5O. The Bertz CT molecular complexity index is 409. The molecule has 1 aliphatic rings. The Balaban J connectivity index is 2.12. The van der Waals surface area contributed by atoms with Crippen LogP contribution < -0.4 is 17.0 Å². The fourth-order valence-corrected chi connectivity index (χ4v) is 2.25. The molecule has 0 bridgehead atoms. The van der Waals surface area contributed by atoms with E-state index in [0.717, 1.165) is 24.9 Å². The molecule has 0 aliphatic carbocycles. The molecule has 0 aromatic carbocycles. The summed E-state index contributed by atoms with van der Waals surface area (Å²) in [5, 5.41) is 0. The lowest BCUT2D eigenvalue weighted by atomic mass is 10.2. The molecule has 1 fully saturated rings. The van der Waals surface area contributed by atoms with Gasteiger partial charge in [-0.2, -0.15) is 0 Å². The van der Waals surface area contributed by atoms with Gasteiger partial charge in [-0.15, -0.1) is 0 Å². The maximum atomic E-state index is 11.3. The van der Waals surface area contributed by atoms with Crippen molar-refractivity contribution >= 4 is 11.7 Å². The number of nitrogens with zero attached hydrogens (tertiary/aromatic N) is 2. The predicted octanol–water partition coefficient (Wildman–Crippen LogP) is -0.183. The molecule has 92 valence electrons. The van der Waals surface area contributed by atoms with Crippen LogP contribution in [0.15, 0.2) is 18.3 Å². The molecule has 6 nitrogen and oxygen atoms in total. The monoisotopic (exact) mass is 235 g/mol. The summed E-state index contributed by atoms with van der Waals surface area (Å²) in [6.07, 6.45) is 3.51. The molecule has 1 unspecified atom stereocenters. The van der Waals surface area contributed by atoms with Crippen LogP contribution in [0.4, 0.5) is 5.82 Å². The van der Waals surface area contributed by atoms with Crippen LogP contribution in [0, 0.1) is 0 Å². The summed E-state index contributed by atoms with van der Waals surface area (Å²) in [6, 6.07) is 3.63. The van der Waals surface area contributed by atoms with Crippen molar-refractivity contribution < 1.29 is 4.79 Å². The summed E-state index contributed by atoms with van der Waals surface area (Å²) in [4.78, 5) is 17.5. The maximum Gasteiger partial charge on any atom is 0.234 e. The van der Waals surface area contributed by atoms with Crippen molar-refractivity contribution in [3.8, 4) is 0 Å². The largest absolute Gasteiger partial charge is 0.368 e. The first-order chi connectivity index (χ1) is 8.22. The van der Waals surface area contributed by atoms with Crippen LogP contribution >= 0.6 is 0 Å². The molecule has 0 radical (unpaired) electrons. The van der Waals surface area contributed by atoms with Crippen molar-refractivity contribution in [1.29, 1.82) is 0 Å². The second-order valence-electron chi connectivity index (χ2n) is 4.19. The van der Waals surface area contributed by atoms with Gasteiger partial charge in [-0.25, -0.2) is 10.8 Å². The number of rotatable bonds is 4. The van der Waals surface area contributed by atoms with Crippen LogP contribution in [0.3, 0.4) is 0 Å². The van der Waals surface area contributed by atoms with E-state index in [1.165, 1.54) is 0 Å². The van der Waals surface area contributed by atoms with Crippen LogP contribution in [-0.2, 0) is 11.3 Å². The predicted molar refractivity (Wildman–Crippen MR) is 64.7 cm³/mol. The van der Waals surface area contributed by atoms with Gasteiger partial charge in [-0.05, 0) is 25.5 Å². The van der Waals surface area contributed by atoms with Crippen molar-refractivity contribution in [2.24, 2.45) is 11.6 Å². The first-order valence-corrected chi connectivity index (χ1v) is 5.66. The number of hydrogen-bond acceptors (Lipinski definition) is 5. The first-order valence-electron chi connectivity index (χ1n) is 5.66. The zero-order chi connectivity index (χ0) is 12.3. The number of carbonyl (C=O) groups excluding carboxylic acids is 1. The summed E-state index contributed by atoms with van der Waals surface area (Å²) in [5.41, 5.74) is 8.91. The minimum atomic E-state index is -0.256. The lowest BCUT2D eigenvalue weighted by Crippen LogP contribution is -2.39. The van der Waals surface area contributed by atoms with E-state index >= 15 is 0 Å². The van der Waals surface area contributed by atoms with Gasteiger partial charge in [0.1, 0.15) is 5.82 Å². The number of nitrogen functional groups attached to an aromatic ring is 1. The molecule has 1 atom stereocenters. The molecule has 1 aliphatic heterocycles. The van der Waals surface area contributed by atoms with E-state index in [4.69, 9.17) is 11.6 Å². The number of nitrogens with two attached hydrogens (primary N) is 2. The van der Waals surface area contributed by atoms with E-state index < -0.39 is 0 Å². The van der Waals surface area contributed by atoms with Crippen LogP contribution in [0.25, 0.3) is 0 Å². The summed E-state index contributed by atoms with van der Waals surface area (Å²) in [5.74, 6) is 5.78. The van der Waals surface area contributed by atoms with Gasteiger partial charge in [-0.3, -0.25) is 9.69 Å². The van der Waals surface area contributed by atoms with Gasteiger partial charge in [0, 0.05) is 18.3 Å². The topological polar surface area (TPSA) is 97.3 Å². The van der Waals surface area contributed by atoms with E-state index in [-0.39, 0.29) is 11.9 Å². The molecule has 1 amide bonds. The number of primary amides is 1. The van der Waals surface area contributed by atoms with Gasteiger partial charge in [0.15, 0.2) is 0 Å². The molecule has 2 heterocycles. The fourth-order valence-electron chi connectivity index (χ4n) is 2.25. The van der Waals surface area contributed by atoms with Crippen molar-refractivity contribution in [3.05, 3.63) is 23.9 Å². The number of nitrogens with one attached hydrogen (secondary N) is 1. The van der Waals surface area contributed by atoms with E-state index in [1.54, 1.807) is 6.20 Å². The highest BCUT2D eigenvalue weighted by atomic mass is 16.1. The van der Waals surface area contributed by atoms with Crippen LogP contribution in [0.1, 0.15) is 18.4 Å². The summed E-state index contributed by atoms with van der Waals surface area (Å²) in [6.45, 7) is 1.52. The minimum absolute atomic E-state index is 0.166. The minimum Gasteiger partial charge on any atom is -0.368 e. The van der Waals surface area contributed by atoms with Gasteiger partial charge in [-0.1, -0.05) is 6.07 Å². The Morgan fingerprint density at radius 1 is 1.65 bits per heavy atom. The van der Waals surface area contributed by atoms with E-state index in [9.17, 15) is 4.79 Å². The molecule has 1 aromatic rings. The summed E-state index contributed by atoms with van der Waals surface area (Å²) in [7, 11) is 0. The zero-order valence-electron chi connectivity index (χ0n) is 9.60. The number of hydrogen-bond donors (Lipinski definition) is 3. The fraction of sp³-hybridized carbons (Fsp3) is 0.455. The Morgan fingerprint density at radius 3 is 3.18 bits per heavy atom. The van der Waals surface area contributed by atoms with E-state index in [2.05, 4.69) is 15.3 Å². The third kappa shape index (κ3) is 2.54. The SMILES string of the molecule is NNc1ncccc1CN1CCCC1C(N)=O. The highest BCUT2D eigenvalue weighted by Gasteiger charge is 2.29.